The van der Waals surface area contributed by atoms with Crippen molar-refractivity contribution in [2.75, 3.05) is 12.4 Å². The monoisotopic (exact) mass is 239 g/mol. The van der Waals surface area contributed by atoms with Crippen LogP contribution in [0.1, 0.15) is 23.2 Å². The number of aromatic nitrogens is 2. The van der Waals surface area contributed by atoms with Crippen molar-refractivity contribution in [1.82, 2.24) is 9.97 Å². The third-order valence-corrected chi connectivity index (χ3v) is 3.45. The van der Waals surface area contributed by atoms with Gasteiger partial charge in [-0.1, -0.05) is 23.8 Å². The van der Waals surface area contributed by atoms with Gasteiger partial charge in [-0.25, -0.2) is 9.97 Å². The maximum absolute atomic E-state index is 4.72. The van der Waals surface area contributed by atoms with Gasteiger partial charge >= 0.3 is 0 Å². The normalized spacial score (nSPS) is 13.4. The molecule has 1 heterocycles. The summed E-state index contributed by atoms with van der Waals surface area (Å²) in [6.07, 6.45) is 3.36. The second-order valence-corrected chi connectivity index (χ2v) is 4.79. The number of nitrogens with zero attached hydrogens (tertiary/aromatic N) is 2. The molecule has 0 fully saturated rings. The Hall–Kier alpha value is -1.90. The third-order valence-electron chi connectivity index (χ3n) is 3.45. The van der Waals surface area contributed by atoms with Crippen molar-refractivity contribution in [1.29, 1.82) is 0 Å². The van der Waals surface area contributed by atoms with Gasteiger partial charge in [-0.2, -0.15) is 0 Å². The van der Waals surface area contributed by atoms with Crippen molar-refractivity contribution in [3.63, 3.8) is 0 Å². The molecule has 0 atom stereocenters. The first-order chi connectivity index (χ1) is 8.78. The summed E-state index contributed by atoms with van der Waals surface area (Å²) in [6, 6.07) is 8.36. The summed E-state index contributed by atoms with van der Waals surface area (Å²) in [5.74, 6) is 1.83. The average molecular weight is 239 g/mol. The number of hydrogen-bond donors (Lipinski definition) is 1. The summed E-state index contributed by atoms with van der Waals surface area (Å²) < 4.78 is 0. The molecule has 1 aliphatic carbocycles. The van der Waals surface area contributed by atoms with E-state index in [1.54, 1.807) is 0 Å². The van der Waals surface area contributed by atoms with E-state index < -0.39 is 0 Å². The fourth-order valence-corrected chi connectivity index (χ4v) is 2.55. The molecule has 0 saturated carbocycles. The molecule has 92 valence electrons. The van der Waals surface area contributed by atoms with Crippen molar-refractivity contribution in [2.45, 2.75) is 26.2 Å². The van der Waals surface area contributed by atoms with Gasteiger partial charge in [0.25, 0.3) is 0 Å². The zero-order valence-corrected chi connectivity index (χ0v) is 10.8. The Labute approximate surface area is 107 Å². The lowest BCUT2D eigenvalue weighted by Gasteiger charge is -2.09. The third kappa shape index (κ3) is 1.86. The van der Waals surface area contributed by atoms with E-state index in [9.17, 15) is 0 Å². The lowest BCUT2D eigenvalue weighted by molar-refractivity contribution is 0.900. The van der Waals surface area contributed by atoms with Crippen LogP contribution < -0.4 is 5.32 Å². The Morgan fingerprint density at radius 3 is 2.83 bits per heavy atom. The number of anilines is 1. The fraction of sp³-hybridized carbons (Fsp3) is 0.333. The molecule has 1 aliphatic rings. The Balaban J connectivity index is 2.13. The molecule has 0 bridgehead atoms. The molecule has 3 rings (SSSR count). The van der Waals surface area contributed by atoms with Crippen molar-refractivity contribution < 1.29 is 0 Å². The number of fused-ring (bicyclic) bond motifs is 1. The van der Waals surface area contributed by atoms with Gasteiger partial charge in [-0.3, -0.25) is 0 Å². The minimum Gasteiger partial charge on any atom is -0.373 e. The second kappa shape index (κ2) is 4.41. The molecular formula is C15H17N3. The van der Waals surface area contributed by atoms with Crippen LogP contribution in [0.5, 0.6) is 0 Å². The molecule has 0 aliphatic heterocycles. The number of aryl methyl sites for hydroxylation is 2. The molecule has 0 radical (unpaired) electrons. The fourth-order valence-electron chi connectivity index (χ4n) is 2.55. The zero-order chi connectivity index (χ0) is 12.5. The van der Waals surface area contributed by atoms with Gasteiger partial charge in [0.05, 0.1) is 0 Å². The molecule has 3 heteroatoms. The van der Waals surface area contributed by atoms with Crippen LogP contribution in [0.25, 0.3) is 11.4 Å². The minimum absolute atomic E-state index is 0.837. The van der Waals surface area contributed by atoms with E-state index in [2.05, 4.69) is 41.5 Å². The lowest BCUT2D eigenvalue weighted by Crippen LogP contribution is -2.03. The van der Waals surface area contributed by atoms with Crippen LogP contribution in [0.4, 0.5) is 5.82 Å². The Kier molecular flexibility index (Phi) is 2.74. The first-order valence-electron chi connectivity index (χ1n) is 6.42. The van der Waals surface area contributed by atoms with E-state index in [4.69, 9.17) is 4.98 Å². The summed E-state index contributed by atoms with van der Waals surface area (Å²) in [7, 11) is 1.93. The molecule has 1 aromatic carbocycles. The van der Waals surface area contributed by atoms with E-state index >= 15 is 0 Å². The summed E-state index contributed by atoms with van der Waals surface area (Å²) in [4.78, 5) is 9.37. The lowest BCUT2D eigenvalue weighted by atomic mass is 10.1. The largest absolute Gasteiger partial charge is 0.373 e. The molecule has 2 aromatic rings. The van der Waals surface area contributed by atoms with Crippen molar-refractivity contribution in [2.24, 2.45) is 0 Å². The Morgan fingerprint density at radius 1 is 1.17 bits per heavy atom. The van der Waals surface area contributed by atoms with Crippen LogP contribution in [0.2, 0.25) is 0 Å². The van der Waals surface area contributed by atoms with Gasteiger partial charge < -0.3 is 5.32 Å². The summed E-state index contributed by atoms with van der Waals surface area (Å²) in [6.45, 7) is 2.09. The van der Waals surface area contributed by atoms with Crippen LogP contribution in [0.3, 0.4) is 0 Å². The SMILES string of the molecule is CNc1nc(-c2cccc(C)c2)nc2c1CCC2. The van der Waals surface area contributed by atoms with E-state index in [-0.39, 0.29) is 0 Å². The molecule has 0 amide bonds. The highest BCUT2D eigenvalue weighted by Crippen LogP contribution is 2.29. The number of benzene rings is 1. The van der Waals surface area contributed by atoms with Gasteiger partial charge in [0.1, 0.15) is 5.82 Å². The first kappa shape index (κ1) is 11.2. The highest BCUT2D eigenvalue weighted by Gasteiger charge is 2.19. The minimum atomic E-state index is 0.837. The predicted molar refractivity (Wildman–Crippen MR) is 73.8 cm³/mol. The second-order valence-electron chi connectivity index (χ2n) is 4.79. The number of rotatable bonds is 2. The van der Waals surface area contributed by atoms with Crippen molar-refractivity contribution in [3.8, 4) is 11.4 Å². The smallest absolute Gasteiger partial charge is 0.161 e. The van der Waals surface area contributed by atoms with E-state index in [0.29, 0.717) is 0 Å². The van der Waals surface area contributed by atoms with Crippen molar-refractivity contribution in [3.05, 3.63) is 41.1 Å². The van der Waals surface area contributed by atoms with Gasteiger partial charge in [0.15, 0.2) is 5.82 Å². The molecule has 3 nitrogen and oxygen atoms in total. The first-order valence-corrected chi connectivity index (χ1v) is 6.42. The van der Waals surface area contributed by atoms with Crippen LogP contribution in [-0.4, -0.2) is 17.0 Å². The summed E-state index contributed by atoms with van der Waals surface area (Å²) in [5, 5.41) is 3.20. The maximum atomic E-state index is 4.72. The van der Waals surface area contributed by atoms with Gasteiger partial charge in [-0.15, -0.1) is 0 Å². The molecule has 0 saturated heterocycles. The quantitative estimate of drug-likeness (QED) is 0.875. The molecule has 1 aromatic heterocycles. The number of hydrogen-bond acceptors (Lipinski definition) is 3. The molecular weight excluding hydrogens is 222 g/mol. The molecule has 0 unspecified atom stereocenters. The van der Waals surface area contributed by atoms with Crippen LogP contribution in [0, 0.1) is 6.92 Å². The average Bonchev–Trinajstić information content (AvgIpc) is 2.85. The van der Waals surface area contributed by atoms with Crippen molar-refractivity contribution >= 4 is 5.82 Å². The molecule has 18 heavy (non-hydrogen) atoms. The predicted octanol–water partition coefficient (Wildman–Crippen LogP) is 2.98. The number of nitrogens with one attached hydrogen (secondary N) is 1. The van der Waals surface area contributed by atoms with Gasteiger partial charge in [0, 0.05) is 23.9 Å². The van der Waals surface area contributed by atoms with Gasteiger partial charge in [-0.05, 0) is 32.3 Å². The maximum Gasteiger partial charge on any atom is 0.161 e. The van der Waals surface area contributed by atoms with Crippen LogP contribution in [0.15, 0.2) is 24.3 Å². The van der Waals surface area contributed by atoms with E-state index in [1.807, 2.05) is 7.05 Å². The molecule has 0 spiro atoms. The highest BCUT2D eigenvalue weighted by molar-refractivity contribution is 5.61. The van der Waals surface area contributed by atoms with E-state index in [0.717, 1.165) is 30.0 Å². The van der Waals surface area contributed by atoms with Gasteiger partial charge in [0.2, 0.25) is 0 Å². The zero-order valence-electron chi connectivity index (χ0n) is 10.8. The Bertz CT molecular complexity index is 590. The molecule has 1 N–H and O–H groups in total. The highest BCUT2D eigenvalue weighted by atomic mass is 15.0. The van der Waals surface area contributed by atoms with Crippen LogP contribution >= 0.6 is 0 Å². The summed E-state index contributed by atoms with van der Waals surface area (Å²) >= 11 is 0. The topological polar surface area (TPSA) is 37.8 Å². The summed E-state index contributed by atoms with van der Waals surface area (Å²) in [5.41, 5.74) is 4.85. The Morgan fingerprint density at radius 2 is 2.06 bits per heavy atom. The van der Waals surface area contributed by atoms with Crippen LogP contribution in [-0.2, 0) is 12.8 Å². The standard InChI is InChI=1S/C15H17N3/c1-10-5-3-6-11(9-10)14-17-13-8-4-7-12(13)15(16-2)18-14/h3,5-6,9H,4,7-8H2,1-2H3,(H,16,17,18). The van der Waals surface area contributed by atoms with E-state index in [1.165, 1.54) is 23.2 Å².